The first-order chi connectivity index (χ1) is 9.26. The molecule has 1 aliphatic rings. The lowest BCUT2D eigenvalue weighted by molar-refractivity contribution is 0.0486. The van der Waals surface area contributed by atoms with Crippen LogP contribution in [0, 0.1) is 0 Å². The normalized spacial score (nSPS) is 27.1. The molecule has 118 valence electrons. The van der Waals surface area contributed by atoms with Gasteiger partial charge >= 0.3 is 6.09 Å². The summed E-state index contributed by atoms with van der Waals surface area (Å²) in [6, 6.07) is 0. The fourth-order valence-corrected chi connectivity index (χ4v) is 2.35. The highest BCUT2D eigenvalue weighted by molar-refractivity contribution is 5.67. The Morgan fingerprint density at radius 3 is 2.40 bits per heavy atom. The first-order valence-corrected chi connectivity index (χ1v) is 7.27. The lowest BCUT2D eigenvalue weighted by Gasteiger charge is -2.38. The van der Waals surface area contributed by atoms with E-state index in [0.717, 1.165) is 12.8 Å². The van der Waals surface area contributed by atoms with Crippen LogP contribution < -0.4 is 10.6 Å². The molecule has 1 aliphatic carbocycles. The fraction of sp³-hybridized carbons (Fsp3) is 0.929. The van der Waals surface area contributed by atoms with Gasteiger partial charge in [-0.25, -0.2) is 4.79 Å². The average Bonchev–Trinajstić information content (AvgIpc) is 2.35. The molecule has 4 N–H and O–H groups in total. The Balaban J connectivity index is 2.24. The zero-order valence-corrected chi connectivity index (χ0v) is 12.7. The molecule has 0 radical (unpaired) electrons. The summed E-state index contributed by atoms with van der Waals surface area (Å²) in [4.78, 5) is 11.5. The molecule has 6 nitrogen and oxygen atoms in total. The van der Waals surface area contributed by atoms with E-state index in [0.29, 0.717) is 25.9 Å². The van der Waals surface area contributed by atoms with Gasteiger partial charge in [0.15, 0.2) is 0 Å². The van der Waals surface area contributed by atoms with Gasteiger partial charge in [-0.2, -0.15) is 0 Å². The highest BCUT2D eigenvalue weighted by Crippen LogP contribution is 2.27. The van der Waals surface area contributed by atoms with Gasteiger partial charge in [0.25, 0.3) is 0 Å². The van der Waals surface area contributed by atoms with Gasteiger partial charge in [-0.15, -0.1) is 0 Å². The topological polar surface area (TPSA) is 90.8 Å². The standard InChI is InChI=1S/C14H28N2O4/c1-13(2,3)20-12(19)15-8-9-16-14(10-17)6-4-11(18)5-7-14/h11,16-18H,4-10H2,1-3H3,(H,15,19)/t11-,14+. The Kier molecular flexibility index (Phi) is 6.23. The molecule has 1 amide bonds. The van der Waals surface area contributed by atoms with Crippen molar-refractivity contribution < 1.29 is 19.7 Å². The van der Waals surface area contributed by atoms with E-state index in [-0.39, 0.29) is 18.2 Å². The second kappa shape index (κ2) is 7.24. The Morgan fingerprint density at radius 1 is 1.30 bits per heavy atom. The van der Waals surface area contributed by atoms with E-state index in [1.165, 1.54) is 0 Å². The number of aliphatic hydroxyl groups is 2. The van der Waals surface area contributed by atoms with Crippen LogP contribution in [0.2, 0.25) is 0 Å². The Morgan fingerprint density at radius 2 is 1.90 bits per heavy atom. The molecule has 0 aromatic carbocycles. The maximum absolute atomic E-state index is 11.5. The maximum atomic E-state index is 11.5. The summed E-state index contributed by atoms with van der Waals surface area (Å²) in [5.74, 6) is 0. The second-order valence-electron chi connectivity index (χ2n) is 6.53. The maximum Gasteiger partial charge on any atom is 0.407 e. The predicted octanol–water partition coefficient (Wildman–Crippen LogP) is 0.767. The minimum Gasteiger partial charge on any atom is -0.444 e. The third-order valence-corrected chi connectivity index (χ3v) is 3.51. The summed E-state index contributed by atoms with van der Waals surface area (Å²) in [6.45, 7) is 6.51. The summed E-state index contributed by atoms with van der Waals surface area (Å²) < 4.78 is 5.14. The van der Waals surface area contributed by atoms with Crippen LogP contribution in [-0.2, 0) is 4.74 Å². The lowest BCUT2D eigenvalue weighted by Crippen LogP contribution is -2.53. The van der Waals surface area contributed by atoms with E-state index < -0.39 is 11.7 Å². The number of amides is 1. The van der Waals surface area contributed by atoms with Gasteiger partial charge in [0.2, 0.25) is 0 Å². The molecular weight excluding hydrogens is 260 g/mol. The van der Waals surface area contributed by atoms with Gasteiger partial charge in [-0.3, -0.25) is 0 Å². The van der Waals surface area contributed by atoms with Gasteiger partial charge in [0, 0.05) is 18.6 Å². The van der Waals surface area contributed by atoms with Crippen molar-refractivity contribution in [2.45, 2.75) is 63.7 Å². The van der Waals surface area contributed by atoms with Crippen molar-refractivity contribution in [3.8, 4) is 0 Å². The lowest BCUT2D eigenvalue weighted by atomic mass is 9.81. The third kappa shape index (κ3) is 6.07. The van der Waals surface area contributed by atoms with E-state index in [4.69, 9.17) is 4.74 Å². The highest BCUT2D eigenvalue weighted by Gasteiger charge is 2.33. The number of carbonyl (C=O) groups is 1. The van der Waals surface area contributed by atoms with Crippen molar-refractivity contribution in [2.24, 2.45) is 0 Å². The molecule has 1 fully saturated rings. The first-order valence-electron chi connectivity index (χ1n) is 7.27. The van der Waals surface area contributed by atoms with E-state index in [1.54, 1.807) is 0 Å². The number of alkyl carbamates (subject to hydrolysis) is 1. The molecule has 0 aromatic heterocycles. The summed E-state index contributed by atoms with van der Waals surface area (Å²) in [7, 11) is 0. The Labute approximate surface area is 120 Å². The van der Waals surface area contributed by atoms with Crippen LogP contribution in [-0.4, -0.2) is 53.2 Å². The van der Waals surface area contributed by atoms with Crippen LogP contribution in [0.15, 0.2) is 0 Å². The van der Waals surface area contributed by atoms with Crippen LogP contribution in [0.4, 0.5) is 4.79 Å². The molecule has 0 saturated heterocycles. The van der Waals surface area contributed by atoms with E-state index in [1.807, 2.05) is 20.8 Å². The van der Waals surface area contributed by atoms with Crippen LogP contribution in [0.25, 0.3) is 0 Å². The minimum atomic E-state index is -0.497. The molecule has 0 atom stereocenters. The van der Waals surface area contributed by atoms with Crippen molar-refractivity contribution in [3.05, 3.63) is 0 Å². The Hall–Kier alpha value is -0.850. The largest absolute Gasteiger partial charge is 0.444 e. The summed E-state index contributed by atoms with van der Waals surface area (Å²) in [5, 5.41) is 25.0. The molecular formula is C14H28N2O4. The number of rotatable bonds is 5. The van der Waals surface area contributed by atoms with Gasteiger partial charge in [-0.1, -0.05) is 0 Å². The molecule has 0 heterocycles. The van der Waals surface area contributed by atoms with Gasteiger partial charge in [-0.05, 0) is 46.5 Å². The van der Waals surface area contributed by atoms with Gasteiger partial charge < -0.3 is 25.6 Å². The number of carbonyl (C=O) groups excluding carboxylic acids is 1. The second-order valence-corrected chi connectivity index (χ2v) is 6.53. The van der Waals surface area contributed by atoms with Crippen molar-refractivity contribution in [2.75, 3.05) is 19.7 Å². The quantitative estimate of drug-likeness (QED) is 0.561. The first kappa shape index (κ1) is 17.2. The van der Waals surface area contributed by atoms with Crippen LogP contribution >= 0.6 is 0 Å². The number of hydrogen-bond acceptors (Lipinski definition) is 5. The molecule has 20 heavy (non-hydrogen) atoms. The molecule has 1 saturated carbocycles. The van der Waals surface area contributed by atoms with Crippen LogP contribution in [0.3, 0.4) is 0 Å². The number of ether oxygens (including phenoxy) is 1. The summed E-state index contributed by atoms with van der Waals surface area (Å²) in [5.41, 5.74) is -0.821. The van der Waals surface area contributed by atoms with Crippen LogP contribution in [0.5, 0.6) is 0 Å². The van der Waals surface area contributed by atoms with Gasteiger partial charge in [0.1, 0.15) is 5.60 Å². The van der Waals surface area contributed by atoms with Crippen molar-refractivity contribution in [1.29, 1.82) is 0 Å². The highest BCUT2D eigenvalue weighted by atomic mass is 16.6. The smallest absolute Gasteiger partial charge is 0.407 e. The SMILES string of the molecule is CC(C)(C)OC(=O)NCCN[C@]1(CO)CC[C@H](O)CC1. The minimum absolute atomic E-state index is 0.0478. The molecule has 0 bridgehead atoms. The molecule has 0 spiro atoms. The fourth-order valence-electron chi connectivity index (χ4n) is 2.35. The van der Waals surface area contributed by atoms with Crippen molar-refractivity contribution in [1.82, 2.24) is 10.6 Å². The third-order valence-electron chi connectivity index (χ3n) is 3.51. The molecule has 6 heteroatoms. The number of nitrogens with one attached hydrogen (secondary N) is 2. The predicted molar refractivity (Wildman–Crippen MR) is 76.5 cm³/mol. The Bertz CT molecular complexity index is 307. The summed E-state index contributed by atoms with van der Waals surface area (Å²) >= 11 is 0. The zero-order chi connectivity index (χ0) is 15.2. The summed E-state index contributed by atoms with van der Waals surface area (Å²) in [6.07, 6.45) is 2.21. The molecule has 0 aliphatic heterocycles. The van der Waals surface area contributed by atoms with E-state index in [2.05, 4.69) is 10.6 Å². The van der Waals surface area contributed by atoms with Crippen molar-refractivity contribution in [3.63, 3.8) is 0 Å². The monoisotopic (exact) mass is 288 g/mol. The number of aliphatic hydroxyl groups excluding tert-OH is 2. The zero-order valence-electron chi connectivity index (χ0n) is 12.7. The van der Waals surface area contributed by atoms with Crippen LogP contribution in [0.1, 0.15) is 46.5 Å². The average molecular weight is 288 g/mol. The molecule has 0 aromatic rings. The van der Waals surface area contributed by atoms with E-state index >= 15 is 0 Å². The van der Waals surface area contributed by atoms with E-state index in [9.17, 15) is 15.0 Å². The molecule has 0 unspecified atom stereocenters. The van der Waals surface area contributed by atoms with Crippen molar-refractivity contribution >= 4 is 6.09 Å². The molecule has 1 rings (SSSR count). The van der Waals surface area contributed by atoms with Gasteiger partial charge in [0.05, 0.1) is 12.7 Å². The number of hydrogen-bond donors (Lipinski definition) is 4.